The highest BCUT2D eigenvalue weighted by molar-refractivity contribution is 7.91. The summed E-state index contributed by atoms with van der Waals surface area (Å²) in [5.74, 6) is 2.01. The van der Waals surface area contributed by atoms with Crippen molar-refractivity contribution in [1.29, 1.82) is 0 Å². The standard InChI is InChI=1S/C70H64O8P2S/c1-7-69(3,4)55-45-47-65(77-79(73-61-41-25-21-37-57(61)51-29-13-9-14-30-51)74-62-42-26-22-38-58(62)52-31-15-10-16-32-52)67(49-55)81(71,72)68-50-56(70(5,6)8-2)46-48-66(68)78-80(75-63-43-27-23-39-59(63)53-33-17-11-18-34-53)76-64-44-28-24-40-60(64)54-35-19-12-20-36-54/h9-50H,7-8H2,1-6H3. The van der Waals surface area contributed by atoms with Gasteiger partial charge in [-0.25, -0.2) is 8.42 Å². The lowest BCUT2D eigenvalue weighted by Gasteiger charge is -2.27. The third-order valence-corrected chi connectivity index (χ3v) is 18.6. The maximum Gasteiger partial charge on any atom is 0.530 e. The van der Waals surface area contributed by atoms with Crippen LogP contribution >= 0.6 is 17.2 Å². The van der Waals surface area contributed by atoms with Gasteiger partial charge in [0.2, 0.25) is 9.84 Å². The summed E-state index contributed by atoms with van der Waals surface area (Å²) in [5.41, 5.74) is 7.60. The Balaban J connectivity index is 1.13. The zero-order valence-electron chi connectivity index (χ0n) is 46.2. The van der Waals surface area contributed by atoms with E-state index in [0.29, 0.717) is 23.0 Å². The molecule has 0 radical (unpaired) electrons. The lowest BCUT2D eigenvalue weighted by molar-refractivity contribution is 0.384. The zero-order valence-corrected chi connectivity index (χ0v) is 48.8. The van der Waals surface area contributed by atoms with Gasteiger partial charge in [0, 0.05) is 22.3 Å². The van der Waals surface area contributed by atoms with Gasteiger partial charge in [-0.15, -0.1) is 0 Å². The molecular weight excluding hydrogens is 1060 g/mol. The molecule has 0 heterocycles. The fraction of sp³-hybridized carbons (Fsp3) is 0.143. The third kappa shape index (κ3) is 13.0. The fourth-order valence-electron chi connectivity index (χ4n) is 9.16. The van der Waals surface area contributed by atoms with Crippen LogP contribution in [0.2, 0.25) is 0 Å². The van der Waals surface area contributed by atoms with Crippen molar-refractivity contribution in [2.45, 2.75) is 75.0 Å². The van der Waals surface area contributed by atoms with E-state index in [2.05, 4.69) is 41.5 Å². The Morgan fingerprint density at radius 1 is 0.309 bits per heavy atom. The molecular formula is C70H64O8P2S. The number of para-hydroxylation sites is 4. The van der Waals surface area contributed by atoms with Gasteiger partial charge in [-0.2, -0.15) is 0 Å². The van der Waals surface area contributed by atoms with Gasteiger partial charge < -0.3 is 27.1 Å². The summed E-state index contributed by atoms with van der Waals surface area (Å²) in [6, 6.07) is 81.1. The van der Waals surface area contributed by atoms with E-state index in [4.69, 9.17) is 27.1 Å². The summed E-state index contributed by atoms with van der Waals surface area (Å²) in [7, 11) is -9.54. The zero-order chi connectivity index (χ0) is 56.4. The number of hydrogen-bond donors (Lipinski definition) is 0. The average molecular weight is 1130 g/mol. The van der Waals surface area contributed by atoms with Crippen molar-refractivity contribution in [3.05, 3.63) is 266 Å². The van der Waals surface area contributed by atoms with Gasteiger partial charge in [0.15, 0.2) is 0 Å². The second-order valence-corrected chi connectivity index (χ2v) is 24.6. The molecule has 0 aliphatic heterocycles. The van der Waals surface area contributed by atoms with Gasteiger partial charge in [-0.05, 0) is 106 Å². The molecule has 0 unspecified atom stereocenters. The topological polar surface area (TPSA) is 89.5 Å². The Bertz CT molecular complexity index is 3420. The molecule has 0 fully saturated rings. The minimum absolute atomic E-state index is 0.0283. The third-order valence-electron chi connectivity index (χ3n) is 14.7. The van der Waals surface area contributed by atoms with Crippen molar-refractivity contribution in [3.63, 3.8) is 0 Å². The average Bonchev–Trinajstić information content (AvgIpc) is 3.53. The number of hydrogen-bond acceptors (Lipinski definition) is 8. The van der Waals surface area contributed by atoms with Crippen LogP contribution in [-0.2, 0) is 20.7 Å². The fourth-order valence-corrected chi connectivity index (χ4v) is 13.0. The molecule has 11 heteroatoms. The number of benzene rings is 10. The number of sulfone groups is 1. The van der Waals surface area contributed by atoms with E-state index in [0.717, 1.165) is 68.5 Å². The van der Waals surface area contributed by atoms with Crippen LogP contribution in [0, 0.1) is 0 Å². The molecule has 0 bridgehead atoms. The van der Waals surface area contributed by atoms with Gasteiger partial charge in [0.1, 0.15) is 44.3 Å². The van der Waals surface area contributed by atoms with E-state index in [-0.39, 0.29) is 21.3 Å². The quantitative estimate of drug-likeness (QED) is 0.0620. The van der Waals surface area contributed by atoms with Gasteiger partial charge in [-0.3, -0.25) is 0 Å². The molecule has 408 valence electrons. The molecule has 0 amide bonds. The molecule has 10 rings (SSSR count). The van der Waals surface area contributed by atoms with Gasteiger partial charge in [0.25, 0.3) is 0 Å². The van der Waals surface area contributed by atoms with Crippen LogP contribution in [0.5, 0.6) is 34.5 Å². The molecule has 0 N–H and O–H groups in total. The van der Waals surface area contributed by atoms with Gasteiger partial charge in [0.05, 0.1) is 0 Å². The normalized spacial score (nSPS) is 11.8. The highest BCUT2D eigenvalue weighted by Gasteiger charge is 2.36. The first-order valence-corrected chi connectivity index (χ1v) is 30.8. The Kier molecular flexibility index (Phi) is 17.4. The summed E-state index contributed by atoms with van der Waals surface area (Å²) in [5, 5.41) is 0. The Morgan fingerprint density at radius 3 is 0.802 bits per heavy atom. The molecule has 0 atom stereocenters. The summed E-state index contributed by atoms with van der Waals surface area (Å²) in [6.45, 7) is 12.6. The molecule has 8 nitrogen and oxygen atoms in total. The smallest absolute Gasteiger partial charge is 0.408 e. The van der Waals surface area contributed by atoms with Crippen LogP contribution in [-0.4, -0.2) is 8.42 Å². The Morgan fingerprint density at radius 2 is 0.543 bits per heavy atom. The second-order valence-electron chi connectivity index (χ2n) is 20.7. The summed E-state index contributed by atoms with van der Waals surface area (Å²) < 4.78 is 74.6. The molecule has 0 aliphatic rings. The molecule has 0 spiro atoms. The maximum atomic E-state index is 16.5. The first-order valence-electron chi connectivity index (χ1n) is 27.1. The summed E-state index contributed by atoms with van der Waals surface area (Å²) in [4.78, 5) is -0.194. The van der Waals surface area contributed by atoms with Crippen LogP contribution in [0.3, 0.4) is 0 Å². The largest absolute Gasteiger partial charge is 0.530 e. The molecule has 10 aromatic rings. The molecule has 0 saturated heterocycles. The molecule has 0 aliphatic carbocycles. The van der Waals surface area contributed by atoms with Crippen molar-refractivity contribution in [2.75, 3.05) is 0 Å². The van der Waals surface area contributed by atoms with E-state index in [9.17, 15) is 0 Å². The van der Waals surface area contributed by atoms with E-state index in [1.807, 2.05) is 231 Å². The molecule has 0 aromatic heterocycles. The van der Waals surface area contributed by atoms with Crippen LogP contribution in [0.1, 0.15) is 65.5 Å². The maximum absolute atomic E-state index is 16.5. The van der Waals surface area contributed by atoms with E-state index in [1.54, 1.807) is 24.3 Å². The SMILES string of the molecule is CCC(C)(C)c1ccc(OP(Oc2ccccc2-c2ccccc2)Oc2ccccc2-c2ccccc2)c(S(=O)(=O)c2cc(C(C)(C)CC)ccc2OP(Oc2ccccc2-c2ccccc2)Oc2ccccc2-c2ccccc2)c1. The highest BCUT2D eigenvalue weighted by Crippen LogP contribution is 2.53. The Hall–Kier alpha value is -8.19. The Labute approximate surface area is 479 Å². The lowest BCUT2D eigenvalue weighted by atomic mass is 9.82. The van der Waals surface area contributed by atoms with Crippen molar-refractivity contribution in [1.82, 2.24) is 0 Å². The molecule has 10 aromatic carbocycles. The van der Waals surface area contributed by atoms with Crippen LogP contribution in [0.25, 0.3) is 44.5 Å². The van der Waals surface area contributed by atoms with Crippen molar-refractivity contribution in [3.8, 4) is 79.0 Å². The van der Waals surface area contributed by atoms with Gasteiger partial charge in [-0.1, -0.05) is 248 Å². The van der Waals surface area contributed by atoms with Crippen molar-refractivity contribution >= 4 is 27.0 Å². The van der Waals surface area contributed by atoms with E-state index in [1.165, 1.54) is 0 Å². The van der Waals surface area contributed by atoms with Crippen LogP contribution < -0.4 is 27.1 Å². The summed E-state index contributed by atoms with van der Waals surface area (Å²) in [6.07, 6.45) is 1.45. The van der Waals surface area contributed by atoms with E-state index < -0.39 is 37.9 Å². The minimum atomic E-state index is -4.62. The first-order chi connectivity index (χ1) is 39.3. The van der Waals surface area contributed by atoms with Crippen molar-refractivity contribution in [2.24, 2.45) is 0 Å². The minimum Gasteiger partial charge on any atom is -0.408 e. The number of rotatable bonds is 22. The predicted molar refractivity (Wildman–Crippen MR) is 330 cm³/mol. The second kappa shape index (κ2) is 25.1. The monoisotopic (exact) mass is 1130 g/mol. The molecule has 81 heavy (non-hydrogen) atoms. The van der Waals surface area contributed by atoms with E-state index >= 15 is 8.42 Å². The van der Waals surface area contributed by atoms with Crippen molar-refractivity contribution < 1.29 is 35.6 Å². The van der Waals surface area contributed by atoms with Gasteiger partial charge >= 0.3 is 17.2 Å². The predicted octanol–water partition coefficient (Wildman–Crippen LogP) is 20.1. The molecule has 0 saturated carbocycles. The lowest BCUT2D eigenvalue weighted by Crippen LogP contribution is -2.18. The van der Waals surface area contributed by atoms with Crippen LogP contribution in [0.4, 0.5) is 0 Å². The first kappa shape index (κ1) is 56.1. The highest BCUT2D eigenvalue weighted by atomic mass is 32.2. The van der Waals surface area contributed by atoms with Crippen LogP contribution in [0.15, 0.2) is 265 Å². The summed E-state index contributed by atoms with van der Waals surface area (Å²) >= 11 is 0.